The van der Waals surface area contributed by atoms with Gasteiger partial charge in [-0.25, -0.2) is 0 Å². The van der Waals surface area contributed by atoms with Crippen LogP contribution in [-0.4, -0.2) is 41.4 Å². The van der Waals surface area contributed by atoms with Gasteiger partial charge in [0, 0.05) is 19.4 Å². The predicted octanol–water partition coefficient (Wildman–Crippen LogP) is 4.14. The Morgan fingerprint density at radius 1 is 1.16 bits per heavy atom. The molecule has 0 aliphatic heterocycles. The van der Waals surface area contributed by atoms with Gasteiger partial charge >= 0.3 is 0 Å². The fraction of sp³-hybridized carbons (Fsp3) is 0.857. The van der Waals surface area contributed by atoms with E-state index in [1.54, 1.807) is 7.11 Å². The molecule has 0 amide bonds. The zero-order valence-corrected chi connectivity index (χ0v) is 17.5. The highest BCUT2D eigenvalue weighted by molar-refractivity contribution is 5.83. The summed E-state index contributed by atoms with van der Waals surface area (Å²) in [7, 11) is 1.77. The zero-order chi connectivity index (χ0) is 19.8. The summed E-state index contributed by atoms with van der Waals surface area (Å²) in [6.07, 6.45) is 3.01. The first-order valence-electron chi connectivity index (χ1n) is 9.51. The van der Waals surface area contributed by atoms with Gasteiger partial charge in [-0.3, -0.25) is 4.79 Å². The van der Waals surface area contributed by atoms with E-state index in [2.05, 4.69) is 34.6 Å². The molecule has 0 saturated heterocycles. The van der Waals surface area contributed by atoms with Gasteiger partial charge in [-0.2, -0.15) is 0 Å². The molecule has 0 spiro atoms. The molecular formula is C21H40O4. The lowest BCUT2D eigenvalue weighted by Crippen LogP contribution is -2.30. The van der Waals surface area contributed by atoms with Crippen molar-refractivity contribution in [2.45, 2.75) is 92.5 Å². The van der Waals surface area contributed by atoms with Crippen LogP contribution in [0.15, 0.2) is 11.6 Å². The molecule has 25 heavy (non-hydrogen) atoms. The second kappa shape index (κ2) is 11.1. The maximum absolute atomic E-state index is 12.3. The van der Waals surface area contributed by atoms with E-state index in [9.17, 15) is 15.0 Å². The molecule has 2 N–H and O–H groups in total. The van der Waals surface area contributed by atoms with Crippen molar-refractivity contribution < 1.29 is 19.7 Å². The Hall–Kier alpha value is -0.710. The predicted molar refractivity (Wildman–Crippen MR) is 103 cm³/mol. The SMILES string of the molecule is CCC(/C=C(\C)CC(C)CC(OC)C(C)(C)C)C(=O)CC(O)C(C)O. The fourth-order valence-corrected chi connectivity index (χ4v) is 3.18. The number of carbonyl (C=O) groups is 1. The molecule has 0 aliphatic carbocycles. The smallest absolute Gasteiger partial charge is 0.142 e. The van der Waals surface area contributed by atoms with Crippen LogP contribution in [-0.2, 0) is 9.53 Å². The van der Waals surface area contributed by atoms with Crippen molar-refractivity contribution in [1.29, 1.82) is 0 Å². The Balaban J connectivity index is 4.78. The standard InChI is InChI=1S/C21H40O4/c1-9-17(19(24)13-18(23)16(4)22)11-14(2)10-15(3)12-20(25-8)21(5,6)7/h11,15-18,20,22-23H,9-10,12-13H2,1-8H3/b14-11+. The number of aliphatic hydroxyl groups excluding tert-OH is 2. The van der Waals surface area contributed by atoms with Crippen molar-refractivity contribution in [3.63, 3.8) is 0 Å². The maximum atomic E-state index is 12.3. The van der Waals surface area contributed by atoms with E-state index in [0.717, 1.165) is 12.8 Å². The summed E-state index contributed by atoms with van der Waals surface area (Å²) in [6.45, 7) is 14.3. The molecule has 5 atom stereocenters. The monoisotopic (exact) mass is 356 g/mol. The molecule has 0 radical (unpaired) electrons. The molecule has 4 heteroatoms. The average molecular weight is 357 g/mol. The number of aliphatic hydroxyl groups is 2. The minimum Gasteiger partial charge on any atom is -0.391 e. The second-order valence-electron chi connectivity index (χ2n) is 8.64. The van der Waals surface area contributed by atoms with Crippen LogP contribution >= 0.6 is 0 Å². The van der Waals surface area contributed by atoms with Gasteiger partial charge < -0.3 is 14.9 Å². The molecule has 0 aromatic rings. The van der Waals surface area contributed by atoms with Gasteiger partial charge in [0.05, 0.1) is 18.3 Å². The third-order valence-electron chi connectivity index (χ3n) is 4.84. The normalized spacial score (nSPS) is 19.2. The molecule has 5 unspecified atom stereocenters. The number of hydrogen-bond donors (Lipinski definition) is 2. The average Bonchev–Trinajstić information content (AvgIpc) is 2.48. The largest absolute Gasteiger partial charge is 0.391 e. The molecule has 4 nitrogen and oxygen atoms in total. The highest BCUT2D eigenvalue weighted by atomic mass is 16.5. The van der Waals surface area contributed by atoms with Crippen molar-refractivity contribution >= 4 is 5.78 Å². The minimum absolute atomic E-state index is 0.00524. The summed E-state index contributed by atoms with van der Waals surface area (Å²) in [5, 5.41) is 19.1. The van der Waals surface area contributed by atoms with Crippen LogP contribution in [0.4, 0.5) is 0 Å². The third-order valence-corrected chi connectivity index (χ3v) is 4.84. The van der Waals surface area contributed by atoms with Crippen LogP contribution in [0.2, 0.25) is 0 Å². The van der Waals surface area contributed by atoms with Crippen molar-refractivity contribution in [3.8, 4) is 0 Å². The zero-order valence-electron chi connectivity index (χ0n) is 17.5. The van der Waals surface area contributed by atoms with Gasteiger partial charge in [0.2, 0.25) is 0 Å². The van der Waals surface area contributed by atoms with Gasteiger partial charge in [-0.05, 0) is 44.4 Å². The molecule has 0 heterocycles. The van der Waals surface area contributed by atoms with E-state index >= 15 is 0 Å². The van der Waals surface area contributed by atoms with E-state index in [0.29, 0.717) is 12.3 Å². The Kier molecular flexibility index (Phi) is 10.8. The van der Waals surface area contributed by atoms with Crippen LogP contribution in [0.3, 0.4) is 0 Å². The fourth-order valence-electron chi connectivity index (χ4n) is 3.18. The van der Waals surface area contributed by atoms with Crippen molar-refractivity contribution in [1.82, 2.24) is 0 Å². The van der Waals surface area contributed by atoms with Gasteiger partial charge in [-0.15, -0.1) is 0 Å². The Morgan fingerprint density at radius 2 is 1.72 bits per heavy atom. The topological polar surface area (TPSA) is 66.8 Å². The Labute approximate surface area is 154 Å². The first-order valence-corrected chi connectivity index (χ1v) is 9.51. The van der Waals surface area contributed by atoms with Gasteiger partial charge in [0.15, 0.2) is 0 Å². The lowest BCUT2D eigenvalue weighted by Gasteiger charge is -2.31. The van der Waals surface area contributed by atoms with E-state index in [4.69, 9.17) is 4.74 Å². The molecule has 0 rings (SSSR count). The van der Waals surface area contributed by atoms with Crippen molar-refractivity contribution in [2.24, 2.45) is 17.3 Å². The molecule has 0 bridgehead atoms. The van der Waals surface area contributed by atoms with Crippen molar-refractivity contribution in [2.75, 3.05) is 7.11 Å². The second-order valence-corrected chi connectivity index (χ2v) is 8.64. The number of ketones is 1. The Bertz CT molecular complexity index is 420. The van der Waals surface area contributed by atoms with Crippen molar-refractivity contribution in [3.05, 3.63) is 11.6 Å². The molecule has 0 aromatic carbocycles. The summed E-state index contributed by atoms with van der Waals surface area (Å²) in [4.78, 5) is 12.3. The molecule has 0 aromatic heterocycles. The summed E-state index contributed by atoms with van der Waals surface area (Å²) in [6, 6.07) is 0. The number of hydrogen-bond acceptors (Lipinski definition) is 4. The van der Waals surface area contributed by atoms with Gasteiger partial charge in [0.1, 0.15) is 5.78 Å². The number of ether oxygens (including phenoxy) is 1. The summed E-state index contributed by atoms with van der Waals surface area (Å²) in [5.74, 6) is 0.268. The minimum atomic E-state index is -0.983. The summed E-state index contributed by atoms with van der Waals surface area (Å²) in [5.41, 5.74) is 1.31. The lowest BCUT2D eigenvalue weighted by atomic mass is 9.82. The Morgan fingerprint density at radius 3 is 2.12 bits per heavy atom. The molecule has 0 aliphatic rings. The summed E-state index contributed by atoms with van der Waals surface area (Å²) < 4.78 is 5.65. The van der Waals surface area contributed by atoms with Gasteiger partial charge in [-0.1, -0.05) is 46.3 Å². The van der Waals surface area contributed by atoms with Gasteiger partial charge in [0.25, 0.3) is 0 Å². The number of rotatable bonds is 11. The first-order chi connectivity index (χ1) is 11.4. The first kappa shape index (κ1) is 24.3. The number of carbonyl (C=O) groups excluding carboxylic acids is 1. The quantitative estimate of drug-likeness (QED) is 0.546. The molecule has 0 saturated carbocycles. The summed E-state index contributed by atoms with van der Waals surface area (Å²) >= 11 is 0. The van der Waals surface area contributed by atoms with E-state index in [1.807, 2.05) is 13.0 Å². The highest BCUT2D eigenvalue weighted by Crippen LogP contribution is 2.29. The maximum Gasteiger partial charge on any atom is 0.142 e. The highest BCUT2D eigenvalue weighted by Gasteiger charge is 2.26. The lowest BCUT2D eigenvalue weighted by molar-refractivity contribution is -0.125. The number of allylic oxidation sites excluding steroid dienone is 2. The van der Waals surface area contributed by atoms with E-state index in [-0.39, 0.29) is 29.6 Å². The molecule has 0 fully saturated rings. The molecular weight excluding hydrogens is 316 g/mol. The van der Waals surface area contributed by atoms with Crippen LogP contribution in [0.1, 0.15) is 74.1 Å². The number of Topliss-reactive ketones (excluding diaryl/α,β-unsaturated/α-hetero) is 1. The van der Waals surface area contributed by atoms with E-state index in [1.165, 1.54) is 12.5 Å². The molecule has 148 valence electrons. The number of methoxy groups -OCH3 is 1. The van der Waals surface area contributed by atoms with Crippen LogP contribution in [0.25, 0.3) is 0 Å². The van der Waals surface area contributed by atoms with Crippen LogP contribution in [0, 0.1) is 17.3 Å². The van der Waals surface area contributed by atoms with Crippen LogP contribution in [0.5, 0.6) is 0 Å². The van der Waals surface area contributed by atoms with Crippen LogP contribution < -0.4 is 0 Å². The third kappa shape index (κ3) is 9.53. The van der Waals surface area contributed by atoms with E-state index < -0.39 is 12.2 Å².